The molecule has 144 valence electrons. The van der Waals surface area contributed by atoms with Crippen molar-refractivity contribution >= 4 is 39.1 Å². The number of halogens is 1. The third kappa shape index (κ3) is 5.29. The fourth-order valence-electron chi connectivity index (χ4n) is 2.26. The molecule has 2 aromatic carbocycles. The monoisotopic (exact) mass is 409 g/mol. The largest absolute Gasteiger partial charge is 0.350 e. The molecule has 0 radical (unpaired) electrons. The Balaban J connectivity index is 2.27. The van der Waals surface area contributed by atoms with Crippen LogP contribution in [0.15, 0.2) is 47.4 Å². The molecular weight excluding hydrogens is 390 g/mol. The Morgan fingerprint density at radius 3 is 2.19 bits per heavy atom. The Hall–Kier alpha value is -2.42. The number of carbonyl (C=O) groups excluding carboxylic acids is 2. The van der Waals surface area contributed by atoms with Crippen molar-refractivity contribution in [1.82, 2.24) is 10.0 Å². The standard InChI is InChI=1S/C18H20ClN3O4S/c1-11(2)21-18(24)15-9-6-13(19)10-16(15)22-17(23)12-4-7-14(8-5-12)27(25,26)20-3/h4-11,20H,1-3H3,(H,21,24)(H,22,23). The van der Waals surface area contributed by atoms with Gasteiger partial charge in [0.1, 0.15) is 0 Å². The molecule has 0 aliphatic heterocycles. The van der Waals surface area contributed by atoms with Gasteiger partial charge < -0.3 is 10.6 Å². The first-order valence-electron chi connectivity index (χ1n) is 8.09. The normalized spacial score (nSPS) is 11.3. The summed E-state index contributed by atoms with van der Waals surface area (Å²) >= 11 is 5.99. The Labute approximate surface area is 163 Å². The summed E-state index contributed by atoms with van der Waals surface area (Å²) in [6.45, 7) is 3.65. The van der Waals surface area contributed by atoms with Crippen LogP contribution in [0.5, 0.6) is 0 Å². The zero-order chi connectivity index (χ0) is 20.2. The molecule has 2 rings (SSSR count). The van der Waals surface area contributed by atoms with Crippen molar-refractivity contribution in [3.63, 3.8) is 0 Å². The van der Waals surface area contributed by atoms with Crippen LogP contribution in [-0.4, -0.2) is 33.3 Å². The van der Waals surface area contributed by atoms with Crippen LogP contribution in [-0.2, 0) is 10.0 Å². The number of hydrogen-bond donors (Lipinski definition) is 3. The number of sulfonamides is 1. The molecule has 2 aromatic rings. The summed E-state index contributed by atoms with van der Waals surface area (Å²) in [6.07, 6.45) is 0. The summed E-state index contributed by atoms with van der Waals surface area (Å²) in [5, 5.41) is 5.76. The molecule has 0 atom stereocenters. The van der Waals surface area contributed by atoms with E-state index in [4.69, 9.17) is 11.6 Å². The predicted molar refractivity (Wildman–Crippen MR) is 105 cm³/mol. The van der Waals surface area contributed by atoms with Gasteiger partial charge in [0.25, 0.3) is 11.8 Å². The number of amides is 2. The van der Waals surface area contributed by atoms with Gasteiger partial charge in [-0.1, -0.05) is 11.6 Å². The van der Waals surface area contributed by atoms with Gasteiger partial charge in [-0.15, -0.1) is 0 Å². The predicted octanol–water partition coefficient (Wildman–Crippen LogP) is 2.64. The lowest BCUT2D eigenvalue weighted by atomic mass is 10.1. The first-order valence-corrected chi connectivity index (χ1v) is 9.95. The van der Waals surface area contributed by atoms with Crippen molar-refractivity contribution in [1.29, 1.82) is 0 Å². The van der Waals surface area contributed by atoms with Crippen LogP contribution in [0, 0.1) is 0 Å². The Kier molecular flexibility index (Phi) is 6.59. The maximum atomic E-state index is 12.5. The van der Waals surface area contributed by atoms with Gasteiger partial charge >= 0.3 is 0 Å². The Morgan fingerprint density at radius 2 is 1.63 bits per heavy atom. The van der Waals surface area contributed by atoms with Crippen LogP contribution in [0.2, 0.25) is 5.02 Å². The molecule has 0 saturated carbocycles. The van der Waals surface area contributed by atoms with E-state index >= 15 is 0 Å². The quantitative estimate of drug-likeness (QED) is 0.682. The number of carbonyl (C=O) groups is 2. The fourth-order valence-corrected chi connectivity index (χ4v) is 3.16. The van der Waals surface area contributed by atoms with Crippen LogP contribution in [0.25, 0.3) is 0 Å². The van der Waals surface area contributed by atoms with Crippen molar-refractivity contribution in [3.8, 4) is 0 Å². The van der Waals surface area contributed by atoms with Gasteiger partial charge in [-0.05, 0) is 63.4 Å². The third-order valence-electron chi connectivity index (χ3n) is 3.59. The van der Waals surface area contributed by atoms with Gasteiger partial charge in [-0.3, -0.25) is 9.59 Å². The van der Waals surface area contributed by atoms with E-state index in [1.54, 1.807) is 6.07 Å². The van der Waals surface area contributed by atoms with Gasteiger partial charge in [0.2, 0.25) is 10.0 Å². The molecule has 7 nitrogen and oxygen atoms in total. The minimum Gasteiger partial charge on any atom is -0.350 e. The number of rotatable bonds is 6. The maximum absolute atomic E-state index is 12.5. The topological polar surface area (TPSA) is 104 Å². The highest BCUT2D eigenvalue weighted by atomic mass is 35.5. The number of nitrogens with one attached hydrogen (secondary N) is 3. The van der Waals surface area contributed by atoms with Gasteiger partial charge in [-0.2, -0.15) is 0 Å². The average molecular weight is 410 g/mol. The molecule has 0 unspecified atom stereocenters. The first-order chi connectivity index (χ1) is 12.6. The molecule has 0 fully saturated rings. The smallest absolute Gasteiger partial charge is 0.255 e. The van der Waals surface area contributed by atoms with Crippen molar-refractivity contribution in [2.24, 2.45) is 0 Å². The van der Waals surface area contributed by atoms with Crippen molar-refractivity contribution in [2.45, 2.75) is 24.8 Å². The van der Waals surface area contributed by atoms with Crippen LogP contribution in [0.3, 0.4) is 0 Å². The first kappa shape index (κ1) is 20.9. The number of hydrogen-bond acceptors (Lipinski definition) is 4. The summed E-state index contributed by atoms with van der Waals surface area (Å²) in [5.74, 6) is -0.836. The van der Waals surface area contributed by atoms with E-state index in [2.05, 4.69) is 15.4 Å². The van der Waals surface area contributed by atoms with E-state index in [0.717, 1.165) is 0 Å². The lowest BCUT2D eigenvalue weighted by Crippen LogP contribution is -2.31. The molecule has 0 heterocycles. The second-order valence-electron chi connectivity index (χ2n) is 6.00. The van der Waals surface area contributed by atoms with Crippen LogP contribution >= 0.6 is 11.6 Å². The van der Waals surface area contributed by atoms with Crippen LogP contribution in [0.4, 0.5) is 5.69 Å². The van der Waals surface area contributed by atoms with E-state index in [-0.39, 0.29) is 33.7 Å². The van der Waals surface area contributed by atoms with E-state index in [9.17, 15) is 18.0 Å². The molecule has 0 aromatic heterocycles. The highest BCUT2D eigenvalue weighted by molar-refractivity contribution is 7.89. The van der Waals surface area contributed by atoms with Gasteiger partial charge in [0.15, 0.2) is 0 Å². The van der Waals surface area contributed by atoms with E-state index < -0.39 is 15.9 Å². The van der Waals surface area contributed by atoms with E-state index in [1.165, 1.54) is 43.4 Å². The summed E-state index contributed by atoms with van der Waals surface area (Å²) in [4.78, 5) is 24.9. The zero-order valence-electron chi connectivity index (χ0n) is 15.0. The molecule has 9 heteroatoms. The lowest BCUT2D eigenvalue weighted by Gasteiger charge is -2.14. The second-order valence-corrected chi connectivity index (χ2v) is 8.33. The number of benzene rings is 2. The zero-order valence-corrected chi connectivity index (χ0v) is 16.6. The van der Waals surface area contributed by atoms with Gasteiger partial charge in [0, 0.05) is 16.6 Å². The molecule has 0 saturated heterocycles. The van der Waals surface area contributed by atoms with E-state index in [0.29, 0.717) is 5.02 Å². The summed E-state index contributed by atoms with van der Waals surface area (Å²) in [6, 6.07) is 9.92. The molecular formula is C18H20ClN3O4S. The fraction of sp³-hybridized carbons (Fsp3) is 0.222. The van der Waals surface area contributed by atoms with Gasteiger partial charge in [-0.25, -0.2) is 13.1 Å². The van der Waals surface area contributed by atoms with Crippen LogP contribution in [0.1, 0.15) is 34.6 Å². The molecule has 3 N–H and O–H groups in total. The molecule has 0 aliphatic carbocycles. The minimum absolute atomic E-state index is 0.0429. The van der Waals surface area contributed by atoms with Crippen molar-refractivity contribution in [3.05, 3.63) is 58.6 Å². The van der Waals surface area contributed by atoms with E-state index in [1.807, 2.05) is 13.8 Å². The highest BCUT2D eigenvalue weighted by Crippen LogP contribution is 2.22. The van der Waals surface area contributed by atoms with Crippen molar-refractivity contribution in [2.75, 3.05) is 12.4 Å². The summed E-state index contributed by atoms with van der Waals surface area (Å²) < 4.78 is 25.7. The molecule has 0 bridgehead atoms. The van der Waals surface area contributed by atoms with Crippen LogP contribution < -0.4 is 15.4 Å². The average Bonchev–Trinajstić information content (AvgIpc) is 2.61. The minimum atomic E-state index is -3.59. The maximum Gasteiger partial charge on any atom is 0.255 e. The molecule has 2 amide bonds. The second kappa shape index (κ2) is 8.51. The summed E-state index contributed by atoms with van der Waals surface area (Å²) in [7, 11) is -2.28. The lowest BCUT2D eigenvalue weighted by molar-refractivity contribution is 0.0944. The third-order valence-corrected chi connectivity index (χ3v) is 5.26. The van der Waals surface area contributed by atoms with Crippen molar-refractivity contribution < 1.29 is 18.0 Å². The summed E-state index contributed by atoms with van der Waals surface area (Å²) in [5.41, 5.74) is 0.772. The Bertz CT molecular complexity index is 957. The molecule has 0 spiro atoms. The van der Waals surface area contributed by atoms with Gasteiger partial charge in [0.05, 0.1) is 16.1 Å². The Morgan fingerprint density at radius 1 is 1.00 bits per heavy atom. The SMILES string of the molecule is CNS(=O)(=O)c1ccc(C(=O)Nc2cc(Cl)ccc2C(=O)NC(C)C)cc1. The molecule has 27 heavy (non-hydrogen) atoms. The number of anilines is 1. The molecule has 0 aliphatic rings. The highest BCUT2D eigenvalue weighted by Gasteiger charge is 2.17.